The van der Waals surface area contributed by atoms with Crippen LogP contribution < -0.4 is 10.2 Å². The Morgan fingerprint density at radius 1 is 1.19 bits per heavy atom. The van der Waals surface area contributed by atoms with Crippen molar-refractivity contribution in [3.05, 3.63) is 47.3 Å². The molecule has 1 fully saturated rings. The van der Waals surface area contributed by atoms with Crippen LogP contribution in [0.3, 0.4) is 0 Å². The van der Waals surface area contributed by atoms with Crippen LogP contribution in [0.25, 0.3) is 0 Å². The summed E-state index contributed by atoms with van der Waals surface area (Å²) in [5, 5.41) is 3.14. The van der Waals surface area contributed by atoms with Crippen LogP contribution in [0.5, 0.6) is 0 Å². The van der Waals surface area contributed by atoms with Gasteiger partial charge in [0.05, 0.1) is 0 Å². The predicted molar refractivity (Wildman–Crippen MR) is 86.8 cm³/mol. The molecule has 0 spiro atoms. The van der Waals surface area contributed by atoms with Gasteiger partial charge in [-0.05, 0) is 25.3 Å². The Morgan fingerprint density at radius 3 is 2.52 bits per heavy atom. The van der Waals surface area contributed by atoms with Crippen molar-refractivity contribution >= 4 is 11.6 Å². The van der Waals surface area contributed by atoms with Crippen LogP contribution in [0, 0.1) is 6.92 Å². The summed E-state index contributed by atoms with van der Waals surface area (Å²) in [6.07, 6.45) is 2.43. The highest BCUT2D eigenvalue weighted by Crippen LogP contribution is 2.39. The summed E-state index contributed by atoms with van der Waals surface area (Å²) in [5.41, 5.74) is 2.58. The Morgan fingerprint density at radius 2 is 1.90 bits per heavy atom. The molecule has 1 aliphatic carbocycles. The van der Waals surface area contributed by atoms with E-state index in [4.69, 9.17) is 4.98 Å². The molecule has 4 heteroatoms. The van der Waals surface area contributed by atoms with E-state index in [2.05, 4.69) is 53.4 Å². The lowest BCUT2D eigenvalue weighted by Crippen LogP contribution is -2.19. The molecule has 1 saturated carbocycles. The zero-order chi connectivity index (χ0) is 14.8. The number of nitrogens with one attached hydrogen (secondary N) is 1. The number of anilines is 2. The fourth-order valence-corrected chi connectivity index (χ4v) is 2.35. The largest absolute Gasteiger partial charge is 0.373 e. The maximum absolute atomic E-state index is 4.73. The van der Waals surface area contributed by atoms with Crippen LogP contribution in [0.2, 0.25) is 0 Å². The molecule has 21 heavy (non-hydrogen) atoms. The third-order valence-corrected chi connectivity index (χ3v) is 3.86. The van der Waals surface area contributed by atoms with E-state index in [1.807, 2.05) is 13.1 Å². The minimum atomic E-state index is 0.560. The van der Waals surface area contributed by atoms with Gasteiger partial charge in [0.15, 0.2) is 0 Å². The van der Waals surface area contributed by atoms with Gasteiger partial charge in [0.25, 0.3) is 0 Å². The molecule has 1 aromatic carbocycles. The van der Waals surface area contributed by atoms with Crippen molar-refractivity contribution in [2.24, 2.45) is 0 Å². The van der Waals surface area contributed by atoms with Crippen LogP contribution in [0.1, 0.15) is 35.7 Å². The molecule has 1 N–H and O–H groups in total. The lowest BCUT2D eigenvalue weighted by molar-refractivity contribution is 0.855. The van der Waals surface area contributed by atoms with Gasteiger partial charge < -0.3 is 10.2 Å². The quantitative estimate of drug-likeness (QED) is 0.913. The number of hydrogen-bond donors (Lipinski definition) is 1. The first-order valence-electron chi connectivity index (χ1n) is 7.49. The van der Waals surface area contributed by atoms with Gasteiger partial charge in [-0.2, -0.15) is 0 Å². The fraction of sp³-hybridized carbons (Fsp3) is 0.412. The highest BCUT2D eigenvalue weighted by Gasteiger charge is 2.27. The average Bonchev–Trinajstić information content (AvgIpc) is 3.34. The molecule has 1 heterocycles. The molecule has 2 aromatic rings. The smallest absolute Gasteiger partial charge is 0.136 e. The van der Waals surface area contributed by atoms with Gasteiger partial charge >= 0.3 is 0 Å². The Bertz CT molecular complexity index is 617. The number of nitrogens with zero attached hydrogens (tertiary/aromatic N) is 3. The van der Waals surface area contributed by atoms with Crippen molar-refractivity contribution < 1.29 is 0 Å². The maximum Gasteiger partial charge on any atom is 0.136 e. The monoisotopic (exact) mass is 282 g/mol. The molecule has 0 saturated heterocycles. The van der Waals surface area contributed by atoms with Crippen LogP contribution in [-0.4, -0.2) is 24.1 Å². The normalized spacial score (nSPS) is 14.0. The summed E-state index contributed by atoms with van der Waals surface area (Å²) in [4.78, 5) is 11.5. The maximum atomic E-state index is 4.73. The second-order valence-electron chi connectivity index (χ2n) is 5.84. The van der Waals surface area contributed by atoms with Crippen molar-refractivity contribution in [2.75, 3.05) is 24.3 Å². The van der Waals surface area contributed by atoms with Crippen LogP contribution in [0.4, 0.5) is 11.6 Å². The van der Waals surface area contributed by atoms with Crippen molar-refractivity contribution in [2.45, 2.75) is 32.2 Å². The highest BCUT2D eigenvalue weighted by atomic mass is 15.2. The summed E-state index contributed by atoms with van der Waals surface area (Å²) >= 11 is 0. The summed E-state index contributed by atoms with van der Waals surface area (Å²) in [6, 6.07) is 10.7. The molecule has 1 aliphatic rings. The first-order valence-corrected chi connectivity index (χ1v) is 7.49. The minimum Gasteiger partial charge on any atom is -0.373 e. The van der Waals surface area contributed by atoms with Gasteiger partial charge in [-0.1, -0.05) is 29.8 Å². The molecule has 1 aromatic heterocycles. The number of rotatable bonds is 5. The van der Waals surface area contributed by atoms with Crippen LogP contribution >= 0.6 is 0 Å². The Hall–Kier alpha value is -2.10. The summed E-state index contributed by atoms with van der Waals surface area (Å²) in [7, 11) is 3.99. The molecular weight excluding hydrogens is 260 g/mol. The van der Waals surface area contributed by atoms with Crippen molar-refractivity contribution in [3.8, 4) is 0 Å². The number of aryl methyl sites for hydroxylation is 1. The second-order valence-corrected chi connectivity index (χ2v) is 5.84. The SMILES string of the molecule is CNc1cc(N(C)Cc2ccc(C)cc2)nc(C2CC2)n1. The van der Waals surface area contributed by atoms with Gasteiger partial charge in [-0.25, -0.2) is 9.97 Å². The van der Waals surface area contributed by atoms with Gasteiger partial charge in [0.1, 0.15) is 17.5 Å². The highest BCUT2D eigenvalue weighted by molar-refractivity contribution is 5.49. The molecule has 0 radical (unpaired) electrons. The molecule has 110 valence electrons. The molecule has 0 atom stereocenters. The Kier molecular flexibility index (Phi) is 3.78. The zero-order valence-electron chi connectivity index (χ0n) is 12.9. The number of aromatic nitrogens is 2. The van der Waals surface area contributed by atoms with E-state index in [9.17, 15) is 0 Å². The van der Waals surface area contributed by atoms with E-state index in [0.717, 1.165) is 24.0 Å². The predicted octanol–water partition coefficient (Wildman–Crippen LogP) is 3.34. The van der Waals surface area contributed by atoms with Crippen LogP contribution in [-0.2, 0) is 6.54 Å². The second kappa shape index (κ2) is 5.72. The van der Waals surface area contributed by atoms with Crippen molar-refractivity contribution in [1.29, 1.82) is 0 Å². The molecule has 0 aliphatic heterocycles. The van der Waals surface area contributed by atoms with Gasteiger partial charge in [-0.3, -0.25) is 0 Å². The summed E-state index contributed by atoms with van der Waals surface area (Å²) in [6.45, 7) is 2.96. The molecule has 0 bridgehead atoms. The van der Waals surface area contributed by atoms with E-state index in [0.29, 0.717) is 5.92 Å². The Balaban J connectivity index is 1.81. The van der Waals surface area contributed by atoms with E-state index in [1.165, 1.54) is 24.0 Å². The van der Waals surface area contributed by atoms with Gasteiger partial charge in [-0.15, -0.1) is 0 Å². The van der Waals surface area contributed by atoms with Gasteiger partial charge in [0.2, 0.25) is 0 Å². The first kappa shape index (κ1) is 13.9. The summed E-state index contributed by atoms with van der Waals surface area (Å²) < 4.78 is 0. The number of hydrogen-bond acceptors (Lipinski definition) is 4. The molecule has 0 unspecified atom stereocenters. The molecule has 4 nitrogen and oxygen atoms in total. The minimum absolute atomic E-state index is 0.560. The first-order chi connectivity index (χ1) is 10.2. The lowest BCUT2D eigenvalue weighted by atomic mass is 10.1. The van der Waals surface area contributed by atoms with Crippen molar-refractivity contribution in [3.63, 3.8) is 0 Å². The number of benzene rings is 1. The third-order valence-electron chi connectivity index (χ3n) is 3.86. The van der Waals surface area contributed by atoms with Crippen molar-refractivity contribution in [1.82, 2.24) is 9.97 Å². The van der Waals surface area contributed by atoms with Crippen LogP contribution in [0.15, 0.2) is 30.3 Å². The molecule has 3 rings (SSSR count). The van der Waals surface area contributed by atoms with E-state index in [1.54, 1.807) is 0 Å². The molecular formula is C17H22N4. The third kappa shape index (κ3) is 3.32. The molecule has 0 amide bonds. The zero-order valence-corrected chi connectivity index (χ0v) is 12.9. The van der Waals surface area contributed by atoms with E-state index >= 15 is 0 Å². The lowest BCUT2D eigenvalue weighted by Gasteiger charge is -2.20. The average molecular weight is 282 g/mol. The summed E-state index contributed by atoms with van der Waals surface area (Å²) in [5.74, 6) is 3.42. The van der Waals surface area contributed by atoms with E-state index in [-0.39, 0.29) is 0 Å². The topological polar surface area (TPSA) is 41.0 Å². The standard InChI is InChI=1S/C17H22N4/c1-12-4-6-13(7-5-12)11-21(3)16-10-15(18-2)19-17(20-16)14-8-9-14/h4-7,10,14H,8-9,11H2,1-3H3,(H,18,19,20). The fourth-order valence-electron chi connectivity index (χ4n) is 2.35. The Labute approximate surface area is 126 Å². The van der Waals surface area contributed by atoms with E-state index < -0.39 is 0 Å². The van der Waals surface area contributed by atoms with Gasteiger partial charge in [0, 0.05) is 32.6 Å².